The number of ether oxygens (including phenoxy) is 1. The van der Waals surface area contributed by atoms with Crippen LogP contribution in [0.3, 0.4) is 0 Å². The number of aromatic nitrogens is 1. The van der Waals surface area contributed by atoms with E-state index in [1.54, 1.807) is 0 Å². The van der Waals surface area contributed by atoms with Gasteiger partial charge in [0.2, 0.25) is 0 Å². The van der Waals surface area contributed by atoms with Crippen molar-refractivity contribution in [2.45, 2.75) is 0 Å². The van der Waals surface area contributed by atoms with Crippen LogP contribution in [0.4, 0.5) is 0 Å². The molecule has 1 rings (SSSR count). The highest BCUT2D eigenvalue weighted by molar-refractivity contribution is 6.32. The summed E-state index contributed by atoms with van der Waals surface area (Å²) in [4.78, 5) is 3.70. The van der Waals surface area contributed by atoms with Gasteiger partial charge in [-0.3, -0.25) is 0 Å². The minimum atomic E-state index is -0.0394. The summed E-state index contributed by atoms with van der Waals surface area (Å²) >= 11 is 0. The lowest BCUT2D eigenvalue weighted by Gasteiger charge is -2.00. The molecular weight excluding hydrogens is 129 g/mol. The molecule has 0 fully saturated rings. The standard InChI is InChI=1S/C6H6BNO2/c1-10-6-5(9)2-4(7)3-8-6/h2-3,9H,1H3. The first kappa shape index (κ1) is 6.93. The maximum atomic E-state index is 9.02. The van der Waals surface area contributed by atoms with Crippen molar-refractivity contribution in [2.24, 2.45) is 0 Å². The molecule has 10 heavy (non-hydrogen) atoms. The van der Waals surface area contributed by atoms with Crippen LogP contribution in [-0.2, 0) is 0 Å². The molecule has 0 saturated carbocycles. The van der Waals surface area contributed by atoms with Crippen LogP contribution in [0.5, 0.6) is 11.6 Å². The molecule has 0 aromatic carbocycles. The largest absolute Gasteiger partial charge is 0.503 e. The van der Waals surface area contributed by atoms with Gasteiger partial charge in [-0.15, -0.1) is 0 Å². The Morgan fingerprint density at radius 2 is 2.40 bits per heavy atom. The van der Waals surface area contributed by atoms with Crippen LogP contribution in [-0.4, -0.2) is 25.0 Å². The molecule has 0 unspecified atom stereocenters. The molecule has 2 radical (unpaired) electrons. The van der Waals surface area contributed by atoms with Crippen molar-refractivity contribution < 1.29 is 9.84 Å². The first-order chi connectivity index (χ1) is 4.74. The summed E-state index contributed by atoms with van der Waals surface area (Å²) in [6.07, 6.45) is 1.42. The Bertz CT molecular complexity index is 239. The van der Waals surface area contributed by atoms with Crippen LogP contribution in [0.2, 0.25) is 0 Å². The second kappa shape index (κ2) is 2.60. The molecule has 0 aliphatic heterocycles. The zero-order valence-electron chi connectivity index (χ0n) is 5.53. The second-order valence-corrected chi connectivity index (χ2v) is 1.80. The second-order valence-electron chi connectivity index (χ2n) is 1.80. The Morgan fingerprint density at radius 3 is 2.90 bits per heavy atom. The van der Waals surface area contributed by atoms with Gasteiger partial charge in [0.1, 0.15) is 7.85 Å². The fourth-order valence-electron chi connectivity index (χ4n) is 0.613. The van der Waals surface area contributed by atoms with Crippen LogP contribution in [0.15, 0.2) is 12.3 Å². The Labute approximate surface area is 60.1 Å². The van der Waals surface area contributed by atoms with E-state index >= 15 is 0 Å². The maximum absolute atomic E-state index is 9.02. The molecule has 0 spiro atoms. The van der Waals surface area contributed by atoms with Crippen LogP contribution in [0.1, 0.15) is 0 Å². The van der Waals surface area contributed by atoms with Gasteiger partial charge in [-0.25, -0.2) is 4.98 Å². The van der Waals surface area contributed by atoms with E-state index in [1.165, 1.54) is 19.4 Å². The molecule has 0 bridgehead atoms. The lowest BCUT2D eigenvalue weighted by Crippen LogP contribution is -2.02. The van der Waals surface area contributed by atoms with Gasteiger partial charge in [-0.1, -0.05) is 5.46 Å². The summed E-state index contributed by atoms with van der Waals surface area (Å²) in [6.45, 7) is 0. The highest BCUT2D eigenvalue weighted by Crippen LogP contribution is 2.18. The van der Waals surface area contributed by atoms with E-state index in [1.807, 2.05) is 0 Å². The summed E-state index contributed by atoms with van der Waals surface area (Å²) in [5.41, 5.74) is 0.415. The lowest BCUT2D eigenvalue weighted by molar-refractivity contribution is 0.359. The Kier molecular flexibility index (Phi) is 1.80. The van der Waals surface area contributed by atoms with E-state index < -0.39 is 0 Å². The molecule has 50 valence electrons. The third-order valence-electron chi connectivity index (χ3n) is 1.05. The van der Waals surface area contributed by atoms with Gasteiger partial charge >= 0.3 is 0 Å². The van der Waals surface area contributed by atoms with Gasteiger partial charge in [0.25, 0.3) is 5.88 Å². The van der Waals surface area contributed by atoms with E-state index in [-0.39, 0.29) is 11.6 Å². The fraction of sp³-hybridized carbons (Fsp3) is 0.167. The monoisotopic (exact) mass is 135 g/mol. The number of methoxy groups -OCH3 is 1. The molecule has 0 aliphatic carbocycles. The molecule has 1 heterocycles. The average Bonchev–Trinajstić information content (AvgIpc) is 1.88. The van der Waals surface area contributed by atoms with E-state index in [0.717, 1.165) is 0 Å². The summed E-state index contributed by atoms with van der Waals surface area (Å²) in [5.74, 6) is 0.150. The molecule has 0 atom stereocenters. The normalized spacial score (nSPS) is 9.30. The average molecular weight is 135 g/mol. The van der Waals surface area contributed by atoms with Gasteiger partial charge in [0.05, 0.1) is 7.11 Å². The fourth-order valence-corrected chi connectivity index (χ4v) is 0.613. The molecule has 3 nitrogen and oxygen atoms in total. The zero-order chi connectivity index (χ0) is 7.56. The molecule has 0 amide bonds. The van der Waals surface area contributed by atoms with E-state index in [2.05, 4.69) is 9.72 Å². The quantitative estimate of drug-likeness (QED) is 0.532. The topological polar surface area (TPSA) is 42.4 Å². The molecule has 0 aliphatic rings. The van der Waals surface area contributed by atoms with Crippen LogP contribution >= 0.6 is 0 Å². The predicted octanol–water partition coefficient (Wildman–Crippen LogP) is -0.410. The zero-order valence-corrected chi connectivity index (χ0v) is 5.53. The number of aromatic hydroxyl groups is 1. The van der Waals surface area contributed by atoms with Gasteiger partial charge < -0.3 is 9.84 Å². The summed E-state index contributed by atoms with van der Waals surface area (Å²) in [5, 5.41) is 9.02. The number of hydrogen-bond acceptors (Lipinski definition) is 3. The number of hydrogen-bond donors (Lipinski definition) is 1. The lowest BCUT2D eigenvalue weighted by atomic mass is 9.99. The summed E-state index contributed by atoms with van der Waals surface area (Å²) in [7, 11) is 6.73. The maximum Gasteiger partial charge on any atom is 0.256 e. The van der Waals surface area contributed by atoms with Crippen molar-refractivity contribution in [2.75, 3.05) is 7.11 Å². The van der Waals surface area contributed by atoms with Crippen molar-refractivity contribution in [3.63, 3.8) is 0 Å². The van der Waals surface area contributed by atoms with Crippen molar-refractivity contribution in [1.82, 2.24) is 4.98 Å². The molecular formula is C6H6BNO2. The van der Waals surface area contributed by atoms with Gasteiger partial charge in [-0.2, -0.15) is 0 Å². The first-order valence-electron chi connectivity index (χ1n) is 2.72. The Balaban J connectivity index is 3.07. The molecule has 0 saturated heterocycles. The smallest absolute Gasteiger partial charge is 0.256 e. The van der Waals surface area contributed by atoms with Crippen molar-refractivity contribution >= 4 is 13.3 Å². The molecule has 1 aromatic heterocycles. The summed E-state index contributed by atoms with van der Waals surface area (Å²) in [6, 6.07) is 1.38. The molecule has 1 N–H and O–H groups in total. The van der Waals surface area contributed by atoms with Crippen molar-refractivity contribution in [3.8, 4) is 11.6 Å². The molecule has 4 heteroatoms. The third kappa shape index (κ3) is 1.21. The minimum Gasteiger partial charge on any atom is -0.503 e. The van der Waals surface area contributed by atoms with Crippen LogP contribution < -0.4 is 10.2 Å². The Hall–Kier alpha value is -1.19. The number of pyridine rings is 1. The summed E-state index contributed by atoms with van der Waals surface area (Å²) < 4.78 is 4.68. The SMILES string of the molecule is [B]c1cnc(OC)c(O)c1. The Morgan fingerprint density at radius 1 is 1.70 bits per heavy atom. The van der Waals surface area contributed by atoms with E-state index in [0.29, 0.717) is 5.46 Å². The molecule has 1 aromatic rings. The van der Waals surface area contributed by atoms with Crippen molar-refractivity contribution in [1.29, 1.82) is 0 Å². The number of nitrogens with zero attached hydrogens (tertiary/aromatic N) is 1. The third-order valence-corrected chi connectivity index (χ3v) is 1.05. The van der Waals surface area contributed by atoms with E-state index in [9.17, 15) is 0 Å². The van der Waals surface area contributed by atoms with E-state index in [4.69, 9.17) is 13.0 Å². The van der Waals surface area contributed by atoms with Gasteiger partial charge in [-0.05, 0) is 6.07 Å². The number of rotatable bonds is 1. The van der Waals surface area contributed by atoms with Crippen LogP contribution in [0.25, 0.3) is 0 Å². The van der Waals surface area contributed by atoms with Gasteiger partial charge in [0, 0.05) is 6.20 Å². The minimum absolute atomic E-state index is 0.0394. The van der Waals surface area contributed by atoms with Gasteiger partial charge in [0.15, 0.2) is 5.75 Å². The highest BCUT2D eigenvalue weighted by atomic mass is 16.5. The first-order valence-corrected chi connectivity index (χ1v) is 2.72. The van der Waals surface area contributed by atoms with Crippen molar-refractivity contribution in [3.05, 3.63) is 12.3 Å². The highest BCUT2D eigenvalue weighted by Gasteiger charge is 1.99. The predicted molar refractivity (Wildman–Crippen MR) is 37.8 cm³/mol. The van der Waals surface area contributed by atoms with Crippen LogP contribution in [0, 0.1) is 0 Å².